The van der Waals surface area contributed by atoms with E-state index in [1.165, 1.54) is 32.7 Å². The van der Waals surface area contributed by atoms with E-state index in [9.17, 15) is 0 Å². The summed E-state index contributed by atoms with van der Waals surface area (Å²) in [6, 6.07) is 27.5. The first-order valence-electron chi connectivity index (χ1n) is 11.9. The lowest BCUT2D eigenvalue weighted by atomic mass is 10.0. The third-order valence-corrected chi connectivity index (χ3v) is 6.64. The van der Waals surface area contributed by atoms with Crippen LogP contribution < -0.4 is 10.6 Å². The number of hydrogen-bond acceptors (Lipinski definition) is 4. The van der Waals surface area contributed by atoms with Crippen molar-refractivity contribution in [2.24, 2.45) is 9.98 Å². The fourth-order valence-corrected chi connectivity index (χ4v) is 4.80. The summed E-state index contributed by atoms with van der Waals surface area (Å²) in [7, 11) is 0. The molecule has 0 radical (unpaired) electrons. The van der Waals surface area contributed by atoms with Crippen LogP contribution in [0.1, 0.15) is 12.5 Å². The third-order valence-electron chi connectivity index (χ3n) is 5.94. The fourth-order valence-electron chi connectivity index (χ4n) is 4.32. The smallest absolute Gasteiger partial charge is 0.101 e. The van der Waals surface area contributed by atoms with E-state index < -0.39 is 0 Å². The Morgan fingerprint density at radius 2 is 1.36 bits per heavy atom. The van der Waals surface area contributed by atoms with Gasteiger partial charge in [-0.1, -0.05) is 88.7 Å². The van der Waals surface area contributed by atoms with Gasteiger partial charge in [-0.15, -0.1) is 0 Å². The molecule has 0 saturated carbocycles. The highest BCUT2D eigenvalue weighted by molar-refractivity contribution is 9.10. The Hall–Kier alpha value is -3.18. The van der Waals surface area contributed by atoms with Crippen molar-refractivity contribution in [3.63, 3.8) is 0 Å². The van der Waals surface area contributed by atoms with E-state index in [4.69, 9.17) is 1.37 Å². The summed E-state index contributed by atoms with van der Waals surface area (Å²) in [6.07, 6.45) is 1.69. The Labute approximate surface area is 204 Å². The zero-order valence-electron chi connectivity index (χ0n) is 19.4. The Balaban J connectivity index is 0.000000142. The molecule has 4 aromatic rings. The molecule has 1 atom stereocenters. The standard InChI is InChI=1S/C14H13BrN2.C14H14N2/c15-13-6-5-10(9-14-16-7-8-17-14)11-3-1-2-4-12(11)13;1-2-7-13-11(4-1)5-3-6-12(13)10-14-15-8-9-16-14/h1-6H,7-9H2,(H,16,17);1-7H,8-10H2,(H,15,16)/i;8T. The summed E-state index contributed by atoms with van der Waals surface area (Å²) in [4.78, 5) is 8.72. The van der Waals surface area contributed by atoms with E-state index in [1.54, 1.807) is 0 Å². The quantitative estimate of drug-likeness (QED) is 0.386. The minimum absolute atomic E-state index is 0.333. The van der Waals surface area contributed by atoms with Gasteiger partial charge in [-0.2, -0.15) is 0 Å². The van der Waals surface area contributed by atoms with Gasteiger partial charge < -0.3 is 10.6 Å². The summed E-state index contributed by atoms with van der Waals surface area (Å²) < 4.78 is 8.69. The van der Waals surface area contributed by atoms with Crippen molar-refractivity contribution < 1.29 is 1.37 Å². The lowest BCUT2D eigenvalue weighted by Crippen LogP contribution is -2.20. The summed E-state index contributed by atoms with van der Waals surface area (Å²) in [5.74, 6) is 2.04. The molecular weight excluding hydrogens is 472 g/mol. The van der Waals surface area contributed by atoms with Crippen molar-refractivity contribution in [1.29, 1.82) is 0 Å². The first-order valence-corrected chi connectivity index (χ1v) is 12.1. The van der Waals surface area contributed by atoms with Crippen LogP contribution in [-0.4, -0.2) is 37.8 Å². The zero-order chi connectivity index (χ0) is 23.3. The maximum absolute atomic E-state index is 7.54. The molecule has 0 aromatic heterocycles. The van der Waals surface area contributed by atoms with Crippen molar-refractivity contribution in [2.45, 2.75) is 12.8 Å². The van der Waals surface area contributed by atoms with E-state index in [-0.39, 0.29) is 6.52 Å². The van der Waals surface area contributed by atoms with Crippen molar-refractivity contribution >= 4 is 49.1 Å². The molecule has 0 spiro atoms. The van der Waals surface area contributed by atoms with Crippen molar-refractivity contribution in [2.75, 3.05) is 26.2 Å². The Bertz CT molecular complexity index is 1380. The molecule has 4 nitrogen and oxygen atoms in total. The van der Waals surface area contributed by atoms with Crippen molar-refractivity contribution in [1.82, 2.24) is 10.6 Å². The van der Waals surface area contributed by atoms with Gasteiger partial charge in [-0.25, -0.2) is 0 Å². The highest BCUT2D eigenvalue weighted by Crippen LogP contribution is 2.27. The van der Waals surface area contributed by atoms with Gasteiger partial charge in [0.05, 0.1) is 14.4 Å². The van der Waals surface area contributed by atoms with E-state index >= 15 is 0 Å². The van der Waals surface area contributed by atoms with Gasteiger partial charge in [-0.05, 0) is 38.7 Å². The molecule has 0 bridgehead atoms. The minimum atomic E-state index is -0.333. The molecule has 0 aliphatic carbocycles. The second-order valence-corrected chi connectivity index (χ2v) is 8.99. The molecular formula is C28H27BrN4. The van der Waals surface area contributed by atoms with Gasteiger partial charge >= 0.3 is 0 Å². The lowest BCUT2D eigenvalue weighted by molar-refractivity contribution is 0.953. The van der Waals surface area contributed by atoms with Crippen LogP contribution >= 0.6 is 15.9 Å². The number of aliphatic imine (C=N–C) groups is 2. The minimum Gasteiger partial charge on any atom is -0.372 e. The van der Waals surface area contributed by atoms with Crippen molar-refractivity contribution in [3.05, 3.63) is 94.5 Å². The number of halogens is 1. The number of fused-ring (bicyclic) bond motifs is 2. The van der Waals surface area contributed by atoms with E-state index in [2.05, 4.69) is 115 Å². The Morgan fingerprint density at radius 3 is 2.12 bits per heavy atom. The average Bonchev–Trinajstić information content (AvgIpc) is 3.53. The molecule has 6 rings (SSSR count). The Morgan fingerprint density at radius 1 is 0.697 bits per heavy atom. The molecule has 2 heterocycles. The van der Waals surface area contributed by atoms with Gasteiger partial charge in [0.15, 0.2) is 0 Å². The number of rotatable bonds is 4. The van der Waals surface area contributed by atoms with Crippen LogP contribution in [0.3, 0.4) is 0 Å². The number of nitrogens with one attached hydrogen (secondary N) is 2. The van der Waals surface area contributed by atoms with Crippen LogP contribution in [0.2, 0.25) is 0 Å². The van der Waals surface area contributed by atoms with Gasteiger partial charge in [-0.3, -0.25) is 9.98 Å². The largest absolute Gasteiger partial charge is 0.372 e. The zero-order valence-corrected chi connectivity index (χ0v) is 20.0. The predicted octanol–water partition coefficient (Wildman–Crippen LogP) is 5.53. The van der Waals surface area contributed by atoms with E-state index in [0.717, 1.165) is 42.1 Å². The number of amidine groups is 2. The van der Waals surface area contributed by atoms with Gasteiger partial charge in [0.2, 0.25) is 0 Å². The van der Waals surface area contributed by atoms with Crippen LogP contribution in [0.5, 0.6) is 0 Å². The van der Waals surface area contributed by atoms with Crippen LogP contribution in [0, 0.1) is 0 Å². The monoisotopic (exact) mass is 500 g/mol. The first-order chi connectivity index (χ1) is 16.7. The highest BCUT2D eigenvalue weighted by atomic mass is 79.9. The molecule has 0 saturated heterocycles. The maximum Gasteiger partial charge on any atom is 0.101 e. The average molecular weight is 501 g/mol. The third kappa shape index (κ3) is 5.09. The lowest BCUT2D eigenvalue weighted by Gasteiger charge is -2.08. The number of hydrogen-bond donors (Lipinski definition) is 2. The molecule has 33 heavy (non-hydrogen) atoms. The van der Waals surface area contributed by atoms with Crippen LogP contribution in [0.4, 0.5) is 0 Å². The molecule has 0 amide bonds. The second-order valence-electron chi connectivity index (χ2n) is 8.14. The SMILES string of the molecule is Brc1ccc(CC2=NCCN2)c2ccccc12.[3H]C1CNC(Cc2cccc3ccccc23)=N1. The number of benzene rings is 4. The van der Waals surface area contributed by atoms with Crippen LogP contribution in [-0.2, 0) is 12.8 Å². The normalized spacial score (nSPS) is 17.5. The first kappa shape index (κ1) is 20.4. The summed E-state index contributed by atoms with van der Waals surface area (Å²) in [5.41, 5.74) is 2.60. The van der Waals surface area contributed by atoms with Crippen molar-refractivity contribution in [3.8, 4) is 0 Å². The number of nitrogens with zero attached hydrogens (tertiary/aromatic N) is 2. The van der Waals surface area contributed by atoms with Crippen LogP contribution in [0.15, 0.2) is 93.3 Å². The molecule has 2 aliphatic rings. The summed E-state index contributed by atoms with van der Waals surface area (Å²) in [5, 5.41) is 11.6. The fraction of sp³-hybridized carbons (Fsp3) is 0.214. The highest BCUT2D eigenvalue weighted by Gasteiger charge is 2.10. The second kappa shape index (κ2) is 10.2. The summed E-state index contributed by atoms with van der Waals surface area (Å²) >= 11 is 3.60. The maximum atomic E-state index is 7.54. The molecule has 0 fully saturated rings. The van der Waals surface area contributed by atoms with E-state index in [0.29, 0.717) is 6.54 Å². The molecule has 5 heteroatoms. The molecule has 2 N–H and O–H groups in total. The van der Waals surface area contributed by atoms with E-state index in [1.807, 2.05) is 0 Å². The Kier molecular flexibility index (Phi) is 6.30. The topological polar surface area (TPSA) is 48.8 Å². The molecule has 166 valence electrons. The predicted molar refractivity (Wildman–Crippen MR) is 144 cm³/mol. The summed E-state index contributed by atoms with van der Waals surface area (Å²) in [6.45, 7) is 2.19. The molecule has 4 aromatic carbocycles. The van der Waals surface area contributed by atoms with Gasteiger partial charge in [0.25, 0.3) is 0 Å². The molecule has 2 aliphatic heterocycles. The molecule has 1 unspecified atom stereocenters. The van der Waals surface area contributed by atoms with Gasteiger partial charge in [0.1, 0.15) is 11.7 Å². The van der Waals surface area contributed by atoms with Gasteiger partial charge in [0, 0.05) is 30.4 Å². The van der Waals surface area contributed by atoms with Crippen LogP contribution in [0.25, 0.3) is 21.5 Å².